The van der Waals surface area contributed by atoms with Crippen LogP contribution in [0, 0.1) is 0 Å². The van der Waals surface area contributed by atoms with Crippen LogP contribution in [0.3, 0.4) is 0 Å². The fourth-order valence-corrected chi connectivity index (χ4v) is 3.52. The summed E-state index contributed by atoms with van der Waals surface area (Å²) in [6.07, 6.45) is 12.0. The zero-order valence-corrected chi connectivity index (χ0v) is 16.5. The normalized spacial score (nSPS) is 10.6. The highest BCUT2D eigenvalue weighted by Gasteiger charge is 2.10. The van der Waals surface area contributed by atoms with E-state index in [0.717, 1.165) is 44.3 Å². The Morgan fingerprint density at radius 3 is 2.07 bits per heavy atom. The lowest BCUT2D eigenvalue weighted by molar-refractivity contribution is 0.354. The number of hydrogen-bond donors (Lipinski definition) is 0. The van der Waals surface area contributed by atoms with E-state index in [2.05, 4.69) is 66.2 Å². The van der Waals surface area contributed by atoms with E-state index in [1.807, 2.05) is 24.5 Å². The van der Waals surface area contributed by atoms with Gasteiger partial charge in [0.15, 0.2) is 0 Å². The van der Waals surface area contributed by atoms with Crippen LogP contribution in [0.1, 0.15) is 35.1 Å². The Bertz CT molecular complexity index is 779. The van der Waals surface area contributed by atoms with Crippen LogP contribution in [-0.4, -0.2) is 11.6 Å². The maximum Gasteiger partial charge on any atom is 0.126 e. The topological polar surface area (TPSA) is 22.1 Å². The summed E-state index contributed by atoms with van der Waals surface area (Å²) in [6, 6.07) is 21.4. The van der Waals surface area contributed by atoms with Crippen molar-refractivity contribution in [3.8, 4) is 5.75 Å². The molecular formula is C26H29NO. The third-order valence-electron chi connectivity index (χ3n) is 4.91. The first-order valence-electron chi connectivity index (χ1n) is 10.1. The molecule has 28 heavy (non-hydrogen) atoms. The van der Waals surface area contributed by atoms with Crippen LogP contribution in [-0.2, 0) is 25.7 Å². The molecule has 2 aromatic carbocycles. The van der Waals surface area contributed by atoms with Crippen molar-refractivity contribution in [2.45, 2.75) is 38.5 Å². The summed E-state index contributed by atoms with van der Waals surface area (Å²) in [4.78, 5) is 4.21. The largest absolute Gasteiger partial charge is 0.489 e. The van der Waals surface area contributed by atoms with Crippen LogP contribution in [0.15, 0.2) is 85.7 Å². The molecule has 0 N–H and O–H groups in total. The smallest absolute Gasteiger partial charge is 0.126 e. The average molecular weight is 372 g/mol. The first-order valence-corrected chi connectivity index (χ1v) is 10.1. The molecule has 2 heteroatoms. The van der Waals surface area contributed by atoms with E-state index < -0.39 is 0 Å². The summed E-state index contributed by atoms with van der Waals surface area (Å²) in [5.74, 6) is 1.06. The van der Waals surface area contributed by atoms with Crippen molar-refractivity contribution in [3.63, 3.8) is 0 Å². The van der Waals surface area contributed by atoms with Gasteiger partial charge in [0, 0.05) is 12.4 Å². The maximum atomic E-state index is 6.09. The highest BCUT2D eigenvalue weighted by molar-refractivity contribution is 5.42. The van der Waals surface area contributed by atoms with Gasteiger partial charge in [-0.2, -0.15) is 0 Å². The molecule has 144 valence electrons. The third kappa shape index (κ3) is 6.09. The Labute approximate surface area is 168 Å². The summed E-state index contributed by atoms with van der Waals surface area (Å²) >= 11 is 0. The van der Waals surface area contributed by atoms with E-state index in [0.29, 0.717) is 6.61 Å². The lowest BCUT2D eigenvalue weighted by Gasteiger charge is -2.15. The number of aryl methyl sites for hydroxylation is 4. The van der Waals surface area contributed by atoms with Gasteiger partial charge >= 0.3 is 0 Å². The molecule has 3 aromatic rings. The maximum absolute atomic E-state index is 6.09. The molecule has 0 amide bonds. The SMILES string of the molecule is C=CCOc1c(CCCc2ccccc2)cccc1CCCc1cccnc1. The van der Waals surface area contributed by atoms with Gasteiger partial charge in [-0.15, -0.1) is 0 Å². The van der Waals surface area contributed by atoms with Crippen LogP contribution >= 0.6 is 0 Å². The van der Waals surface area contributed by atoms with Crippen molar-refractivity contribution in [1.29, 1.82) is 0 Å². The van der Waals surface area contributed by atoms with Crippen LogP contribution in [0.5, 0.6) is 5.75 Å². The van der Waals surface area contributed by atoms with Crippen LogP contribution in [0.4, 0.5) is 0 Å². The van der Waals surface area contributed by atoms with Crippen molar-refractivity contribution in [2.75, 3.05) is 6.61 Å². The molecule has 2 nitrogen and oxygen atoms in total. The van der Waals surface area contributed by atoms with E-state index >= 15 is 0 Å². The van der Waals surface area contributed by atoms with Crippen molar-refractivity contribution in [3.05, 3.63) is 108 Å². The number of benzene rings is 2. The highest BCUT2D eigenvalue weighted by atomic mass is 16.5. The molecule has 0 unspecified atom stereocenters. The predicted octanol–water partition coefficient (Wildman–Crippen LogP) is 6.00. The fourth-order valence-electron chi connectivity index (χ4n) is 3.52. The zero-order valence-electron chi connectivity index (χ0n) is 16.5. The van der Waals surface area contributed by atoms with E-state index in [-0.39, 0.29) is 0 Å². The van der Waals surface area contributed by atoms with E-state index in [9.17, 15) is 0 Å². The second-order valence-corrected chi connectivity index (χ2v) is 7.06. The Kier molecular flexibility index (Phi) is 7.87. The zero-order chi connectivity index (χ0) is 19.4. The summed E-state index contributed by atoms with van der Waals surface area (Å²) in [6.45, 7) is 4.35. The number of ether oxygens (including phenoxy) is 1. The van der Waals surface area contributed by atoms with Gasteiger partial charge in [-0.05, 0) is 66.8 Å². The molecule has 0 spiro atoms. The lowest BCUT2D eigenvalue weighted by atomic mass is 9.98. The van der Waals surface area contributed by atoms with Gasteiger partial charge in [0.25, 0.3) is 0 Å². The molecule has 0 fully saturated rings. The van der Waals surface area contributed by atoms with Gasteiger partial charge in [-0.1, -0.05) is 67.3 Å². The van der Waals surface area contributed by atoms with Crippen molar-refractivity contribution in [1.82, 2.24) is 4.98 Å². The summed E-state index contributed by atoms with van der Waals surface area (Å²) in [5, 5.41) is 0. The summed E-state index contributed by atoms with van der Waals surface area (Å²) < 4.78 is 6.09. The number of para-hydroxylation sites is 1. The molecular weight excluding hydrogens is 342 g/mol. The van der Waals surface area contributed by atoms with Gasteiger partial charge in [-0.3, -0.25) is 4.98 Å². The van der Waals surface area contributed by atoms with Crippen molar-refractivity contribution in [2.24, 2.45) is 0 Å². The fraction of sp³-hybridized carbons (Fsp3) is 0.269. The molecule has 1 heterocycles. The minimum absolute atomic E-state index is 0.547. The molecule has 1 aromatic heterocycles. The standard InChI is InChI=1S/C26H29NO/c1-2-20-28-26-24(15-6-12-22-10-4-3-5-11-22)17-8-18-25(26)16-7-13-23-14-9-19-27-21-23/h2-5,8-11,14,17-19,21H,1,6-7,12-13,15-16,20H2. The average Bonchev–Trinajstić information content (AvgIpc) is 2.75. The summed E-state index contributed by atoms with van der Waals surface area (Å²) in [5.41, 5.74) is 5.28. The molecule has 0 aliphatic rings. The molecule has 0 aliphatic carbocycles. The Morgan fingerprint density at radius 1 is 0.750 bits per heavy atom. The van der Waals surface area contributed by atoms with Crippen LogP contribution in [0.2, 0.25) is 0 Å². The molecule has 0 saturated carbocycles. The number of pyridine rings is 1. The first-order chi connectivity index (χ1) is 13.9. The van der Waals surface area contributed by atoms with E-state index in [4.69, 9.17) is 4.74 Å². The van der Waals surface area contributed by atoms with Gasteiger partial charge < -0.3 is 4.74 Å². The molecule has 3 rings (SSSR count). The number of rotatable bonds is 11. The second kappa shape index (κ2) is 11.1. The second-order valence-electron chi connectivity index (χ2n) is 7.06. The molecule has 0 bridgehead atoms. The summed E-state index contributed by atoms with van der Waals surface area (Å²) in [7, 11) is 0. The Balaban J connectivity index is 1.63. The highest BCUT2D eigenvalue weighted by Crippen LogP contribution is 2.27. The Morgan fingerprint density at radius 2 is 1.43 bits per heavy atom. The van der Waals surface area contributed by atoms with Gasteiger partial charge in [0.2, 0.25) is 0 Å². The Hall–Kier alpha value is -2.87. The van der Waals surface area contributed by atoms with Crippen LogP contribution in [0.25, 0.3) is 0 Å². The van der Waals surface area contributed by atoms with E-state index in [1.54, 1.807) is 0 Å². The minimum atomic E-state index is 0.547. The molecule has 0 saturated heterocycles. The van der Waals surface area contributed by atoms with E-state index in [1.165, 1.54) is 22.3 Å². The number of aromatic nitrogens is 1. The number of nitrogens with zero attached hydrogens (tertiary/aromatic N) is 1. The quantitative estimate of drug-likeness (QED) is 0.386. The van der Waals surface area contributed by atoms with Gasteiger partial charge in [0.05, 0.1) is 0 Å². The van der Waals surface area contributed by atoms with Crippen molar-refractivity contribution >= 4 is 0 Å². The van der Waals surface area contributed by atoms with Gasteiger partial charge in [-0.25, -0.2) is 0 Å². The molecule has 0 atom stereocenters. The predicted molar refractivity (Wildman–Crippen MR) is 117 cm³/mol. The third-order valence-corrected chi connectivity index (χ3v) is 4.91. The molecule has 0 aliphatic heterocycles. The lowest BCUT2D eigenvalue weighted by Crippen LogP contribution is -2.03. The first kappa shape index (κ1) is 19.9. The van der Waals surface area contributed by atoms with Crippen molar-refractivity contribution < 1.29 is 4.74 Å². The molecule has 0 radical (unpaired) electrons. The number of hydrogen-bond acceptors (Lipinski definition) is 2. The van der Waals surface area contributed by atoms with Gasteiger partial charge in [0.1, 0.15) is 12.4 Å². The monoisotopic (exact) mass is 371 g/mol. The minimum Gasteiger partial charge on any atom is -0.489 e. The van der Waals surface area contributed by atoms with Crippen LogP contribution < -0.4 is 4.74 Å².